The number of hydrogen-bond donors (Lipinski definition) is 2. The van der Waals surface area contributed by atoms with Gasteiger partial charge in [0.1, 0.15) is 0 Å². The zero-order valence-electron chi connectivity index (χ0n) is 19.1. The fraction of sp³-hybridized carbons (Fsp3) is 0.409. The van der Waals surface area contributed by atoms with Crippen LogP contribution < -0.4 is 5.32 Å². The first-order valence-corrected chi connectivity index (χ1v) is 12.8. The summed E-state index contributed by atoms with van der Waals surface area (Å²) in [4.78, 5) is 27.1. The first-order chi connectivity index (χ1) is 15.6. The van der Waals surface area contributed by atoms with Crippen molar-refractivity contribution in [2.24, 2.45) is 0 Å². The molecule has 9 nitrogen and oxygen atoms in total. The second kappa shape index (κ2) is 11.4. The van der Waals surface area contributed by atoms with Crippen molar-refractivity contribution in [3.63, 3.8) is 0 Å². The summed E-state index contributed by atoms with van der Waals surface area (Å²) >= 11 is 1.02. The molecular weight excluding hydrogens is 464 g/mol. The van der Waals surface area contributed by atoms with E-state index in [1.165, 1.54) is 28.6 Å². The second-order valence-electron chi connectivity index (χ2n) is 7.19. The number of aryl methyl sites for hydroxylation is 1. The number of aromatic carboxylic acids is 1. The molecule has 2 aromatic rings. The smallest absolute Gasteiger partial charge is 0.337 e. The van der Waals surface area contributed by atoms with E-state index >= 15 is 0 Å². The van der Waals surface area contributed by atoms with E-state index < -0.39 is 21.9 Å². The number of carboxylic acid groups (broad SMARTS) is 1. The lowest BCUT2D eigenvalue weighted by molar-refractivity contribution is 0.0698. The van der Waals surface area contributed by atoms with Gasteiger partial charge in [-0.15, -0.1) is 11.3 Å². The number of anilines is 1. The molecule has 0 saturated carbocycles. The molecule has 0 radical (unpaired) electrons. The topological polar surface area (TPSA) is 131 Å². The lowest BCUT2D eigenvalue weighted by atomic mass is 10.1. The summed E-state index contributed by atoms with van der Waals surface area (Å²) in [7, 11) is -3.80. The van der Waals surface area contributed by atoms with E-state index in [1.54, 1.807) is 13.8 Å². The van der Waals surface area contributed by atoms with E-state index in [9.17, 15) is 23.1 Å². The van der Waals surface area contributed by atoms with E-state index in [1.807, 2.05) is 19.9 Å². The Hall–Kier alpha value is -2.78. The Bertz CT molecular complexity index is 1160. The molecule has 0 unspecified atom stereocenters. The van der Waals surface area contributed by atoms with Gasteiger partial charge in [-0.1, -0.05) is 20.8 Å². The van der Waals surface area contributed by atoms with Crippen molar-refractivity contribution in [3.8, 4) is 6.07 Å². The Balaban J connectivity index is 2.30. The number of carbonyl (C=O) groups excluding carboxylic acids is 1. The number of thiophene rings is 1. The standard InChI is InChI=1S/C22H28N4O5S2/c1-5-25(6-2)10-11-26(7-3)33(30,31)20-13-19(32-15(20)4)21(27)24-18-9-8-16(14-23)12-17(18)22(28)29/h8-9,12-13H,5-7,10-11H2,1-4H3,(H,24,27)(H,28,29). The van der Waals surface area contributed by atoms with Gasteiger partial charge in [0.2, 0.25) is 10.0 Å². The van der Waals surface area contributed by atoms with Crippen LogP contribution in [-0.2, 0) is 10.0 Å². The van der Waals surface area contributed by atoms with Gasteiger partial charge in [0.05, 0.1) is 32.7 Å². The molecule has 33 heavy (non-hydrogen) atoms. The van der Waals surface area contributed by atoms with Crippen molar-refractivity contribution in [1.29, 1.82) is 5.26 Å². The lowest BCUT2D eigenvalue weighted by Gasteiger charge is -2.24. The Morgan fingerprint density at radius 2 is 1.79 bits per heavy atom. The number of carbonyl (C=O) groups is 2. The van der Waals surface area contributed by atoms with Crippen LogP contribution in [0, 0.1) is 18.3 Å². The zero-order chi connectivity index (χ0) is 24.8. The molecule has 0 spiro atoms. The molecule has 1 heterocycles. The van der Waals surface area contributed by atoms with Crippen LogP contribution >= 0.6 is 11.3 Å². The SMILES string of the molecule is CCN(CC)CCN(CC)S(=O)(=O)c1cc(C(=O)Nc2ccc(C#N)cc2C(=O)O)sc1C. The number of amides is 1. The molecule has 11 heteroatoms. The van der Waals surface area contributed by atoms with E-state index in [4.69, 9.17) is 5.26 Å². The molecule has 178 valence electrons. The second-order valence-corrected chi connectivity index (χ2v) is 10.3. The maximum absolute atomic E-state index is 13.3. The highest BCUT2D eigenvalue weighted by atomic mass is 32.2. The van der Waals surface area contributed by atoms with E-state index in [2.05, 4.69) is 10.2 Å². The van der Waals surface area contributed by atoms with Crippen LogP contribution in [0.5, 0.6) is 0 Å². The predicted molar refractivity (Wildman–Crippen MR) is 127 cm³/mol. The first kappa shape index (κ1) is 26.5. The van der Waals surface area contributed by atoms with Crippen LogP contribution in [0.2, 0.25) is 0 Å². The van der Waals surface area contributed by atoms with Crippen molar-refractivity contribution < 1.29 is 23.1 Å². The molecule has 1 amide bonds. The third-order valence-electron chi connectivity index (χ3n) is 5.25. The summed E-state index contributed by atoms with van der Waals surface area (Å²) in [5, 5.41) is 20.9. The molecule has 1 aromatic carbocycles. The number of hydrogen-bond acceptors (Lipinski definition) is 7. The van der Waals surface area contributed by atoms with Crippen molar-refractivity contribution in [3.05, 3.63) is 45.1 Å². The number of rotatable bonds is 11. The van der Waals surface area contributed by atoms with Gasteiger partial charge in [0.25, 0.3) is 5.91 Å². The van der Waals surface area contributed by atoms with Crippen LogP contribution in [-0.4, -0.2) is 67.3 Å². The van der Waals surface area contributed by atoms with E-state index in [0.717, 1.165) is 24.4 Å². The molecular formula is C22H28N4O5S2. The highest BCUT2D eigenvalue weighted by Crippen LogP contribution is 2.29. The third-order valence-corrected chi connectivity index (χ3v) is 8.53. The number of benzene rings is 1. The largest absolute Gasteiger partial charge is 0.478 e. The monoisotopic (exact) mass is 492 g/mol. The summed E-state index contributed by atoms with van der Waals surface area (Å²) in [6.45, 7) is 10.3. The van der Waals surface area contributed by atoms with Crippen LogP contribution in [0.15, 0.2) is 29.2 Å². The Labute approximate surface area is 198 Å². The molecule has 0 atom stereocenters. The fourth-order valence-corrected chi connectivity index (χ4v) is 6.19. The van der Waals surface area contributed by atoms with Crippen LogP contribution in [0.1, 0.15) is 51.2 Å². The molecule has 0 fully saturated rings. The van der Waals surface area contributed by atoms with Gasteiger partial charge >= 0.3 is 5.97 Å². The summed E-state index contributed by atoms with van der Waals surface area (Å²) < 4.78 is 27.9. The van der Waals surface area contributed by atoms with E-state index in [0.29, 0.717) is 24.5 Å². The molecule has 2 N–H and O–H groups in total. The van der Waals surface area contributed by atoms with Gasteiger partial charge in [-0.25, -0.2) is 13.2 Å². The molecule has 0 aliphatic heterocycles. The van der Waals surface area contributed by atoms with Crippen LogP contribution in [0.4, 0.5) is 5.69 Å². The van der Waals surface area contributed by atoms with Crippen molar-refractivity contribution >= 4 is 38.9 Å². The number of carboxylic acids is 1. The van der Waals surface area contributed by atoms with Crippen molar-refractivity contribution in [1.82, 2.24) is 9.21 Å². The predicted octanol–water partition coefficient (Wildman–Crippen LogP) is 3.23. The summed E-state index contributed by atoms with van der Waals surface area (Å²) in [5.74, 6) is -1.91. The van der Waals surface area contributed by atoms with Gasteiger partial charge in [-0.3, -0.25) is 4.79 Å². The minimum absolute atomic E-state index is 0.0244. The zero-order valence-corrected chi connectivity index (χ0v) is 20.7. The highest BCUT2D eigenvalue weighted by molar-refractivity contribution is 7.89. The minimum Gasteiger partial charge on any atom is -0.478 e. The molecule has 1 aromatic heterocycles. The van der Waals surface area contributed by atoms with Crippen LogP contribution in [0.25, 0.3) is 0 Å². The van der Waals surface area contributed by atoms with Gasteiger partial charge in [0.15, 0.2) is 0 Å². The lowest BCUT2D eigenvalue weighted by Crippen LogP contribution is -2.38. The fourth-order valence-electron chi connectivity index (χ4n) is 3.30. The molecule has 0 aliphatic rings. The van der Waals surface area contributed by atoms with Crippen LogP contribution in [0.3, 0.4) is 0 Å². The average molecular weight is 493 g/mol. The maximum atomic E-state index is 13.3. The minimum atomic E-state index is -3.80. The molecule has 0 bridgehead atoms. The van der Waals surface area contributed by atoms with Crippen molar-refractivity contribution in [2.75, 3.05) is 38.0 Å². The van der Waals surface area contributed by atoms with Gasteiger partial charge in [0, 0.05) is 24.5 Å². The number of sulfonamides is 1. The Morgan fingerprint density at radius 1 is 1.12 bits per heavy atom. The summed E-state index contributed by atoms with van der Waals surface area (Å²) in [5.41, 5.74) is -0.0523. The number of nitrogens with zero attached hydrogens (tertiary/aromatic N) is 3. The van der Waals surface area contributed by atoms with Gasteiger partial charge in [-0.2, -0.15) is 9.57 Å². The summed E-state index contributed by atoms with van der Waals surface area (Å²) in [6.07, 6.45) is 0. The average Bonchev–Trinajstić information content (AvgIpc) is 3.19. The Kier molecular flexibility index (Phi) is 9.13. The molecule has 2 rings (SSSR count). The van der Waals surface area contributed by atoms with Gasteiger partial charge < -0.3 is 15.3 Å². The first-order valence-electron chi connectivity index (χ1n) is 10.5. The molecule has 0 saturated heterocycles. The normalized spacial score (nSPS) is 11.5. The third kappa shape index (κ3) is 6.17. The number of likely N-dealkylation sites (N-methyl/N-ethyl adjacent to an activating group) is 2. The number of nitrogens with one attached hydrogen (secondary N) is 1. The highest BCUT2D eigenvalue weighted by Gasteiger charge is 2.28. The Morgan fingerprint density at radius 3 is 2.33 bits per heavy atom. The molecule has 0 aliphatic carbocycles. The van der Waals surface area contributed by atoms with Gasteiger partial charge in [-0.05, 0) is 44.3 Å². The van der Waals surface area contributed by atoms with E-state index in [-0.39, 0.29) is 26.6 Å². The summed E-state index contributed by atoms with van der Waals surface area (Å²) in [6, 6.07) is 7.08. The van der Waals surface area contributed by atoms with Crippen molar-refractivity contribution in [2.45, 2.75) is 32.6 Å². The quantitative estimate of drug-likeness (QED) is 0.492. The maximum Gasteiger partial charge on any atom is 0.337 e. The number of nitriles is 1.